The Morgan fingerprint density at radius 3 is 2.63 bits per heavy atom. The van der Waals surface area contributed by atoms with Crippen LogP contribution in [0.2, 0.25) is 0 Å². The quantitative estimate of drug-likeness (QED) is 0.724. The van der Waals surface area contributed by atoms with Crippen LogP contribution in [0.3, 0.4) is 0 Å². The normalized spacial score (nSPS) is 11.1. The molecule has 1 N–H and O–H groups in total. The van der Waals surface area contributed by atoms with Crippen LogP contribution in [0.5, 0.6) is 0 Å². The maximum atomic E-state index is 11.9. The van der Waals surface area contributed by atoms with Gasteiger partial charge >= 0.3 is 0 Å². The molecule has 0 saturated heterocycles. The molecule has 1 aromatic carbocycles. The Morgan fingerprint density at radius 2 is 1.95 bits per heavy atom. The van der Waals surface area contributed by atoms with E-state index in [1.165, 1.54) is 0 Å². The SMILES string of the molecule is Cc1cc(C)n(-c2cc(=O)[nH]c3c(C)cccc23)n1. The number of H-pyrrole nitrogens is 1. The lowest BCUT2D eigenvalue weighted by atomic mass is 10.1. The number of hydrogen-bond acceptors (Lipinski definition) is 2. The Bertz CT molecular complexity index is 827. The molecule has 0 saturated carbocycles. The molecule has 96 valence electrons. The number of rotatable bonds is 1. The van der Waals surface area contributed by atoms with Gasteiger partial charge < -0.3 is 4.98 Å². The Kier molecular flexibility index (Phi) is 2.52. The minimum absolute atomic E-state index is 0.107. The molecule has 2 aromatic heterocycles. The third-order valence-electron chi connectivity index (χ3n) is 3.30. The summed E-state index contributed by atoms with van der Waals surface area (Å²) >= 11 is 0. The maximum Gasteiger partial charge on any atom is 0.250 e. The van der Waals surface area contributed by atoms with Crippen LogP contribution in [-0.4, -0.2) is 14.8 Å². The van der Waals surface area contributed by atoms with Crippen LogP contribution in [0.1, 0.15) is 17.0 Å². The van der Waals surface area contributed by atoms with Crippen LogP contribution >= 0.6 is 0 Å². The highest BCUT2D eigenvalue weighted by Gasteiger charge is 2.10. The third-order valence-corrected chi connectivity index (χ3v) is 3.30. The number of aromatic nitrogens is 3. The van der Waals surface area contributed by atoms with Crippen LogP contribution in [0.25, 0.3) is 16.6 Å². The monoisotopic (exact) mass is 253 g/mol. The fourth-order valence-corrected chi connectivity index (χ4v) is 2.46. The van der Waals surface area contributed by atoms with E-state index in [0.717, 1.165) is 33.5 Å². The first-order valence-electron chi connectivity index (χ1n) is 6.22. The van der Waals surface area contributed by atoms with Crippen molar-refractivity contribution in [2.75, 3.05) is 0 Å². The van der Waals surface area contributed by atoms with Crippen molar-refractivity contribution in [2.45, 2.75) is 20.8 Å². The van der Waals surface area contributed by atoms with Crippen molar-refractivity contribution >= 4 is 10.9 Å². The third kappa shape index (κ3) is 1.85. The van der Waals surface area contributed by atoms with Gasteiger partial charge in [0.15, 0.2) is 0 Å². The summed E-state index contributed by atoms with van der Waals surface area (Å²) in [6, 6.07) is 9.59. The van der Waals surface area contributed by atoms with Gasteiger partial charge in [-0.2, -0.15) is 5.10 Å². The Morgan fingerprint density at radius 1 is 1.16 bits per heavy atom. The van der Waals surface area contributed by atoms with Crippen LogP contribution in [0, 0.1) is 20.8 Å². The second-order valence-corrected chi connectivity index (χ2v) is 4.86. The number of nitrogens with zero attached hydrogens (tertiary/aromatic N) is 2. The van der Waals surface area contributed by atoms with Gasteiger partial charge in [0.25, 0.3) is 5.56 Å². The summed E-state index contributed by atoms with van der Waals surface area (Å²) in [4.78, 5) is 14.7. The van der Waals surface area contributed by atoms with Crippen molar-refractivity contribution in [3.63, 3.8) is 0 Å². The highest BCUT2D eigenvalue weighted by molar-refractivity contribution is 5.89. The molecular weight excluding hydrogens is 238 g/mol. The van der Waals surface area contributed by atoms with E-state index in [-0.39, 0.29) is 5.56 Å². The average molecular weight is 253 g/mol. The van der Waals surface area contributed by atoms with E-state index < -0.39 is 0 Å². The van der Waals surface area contributed by atoms with Gasteiger partial charge in [-0.15, -0.1) is 0 Å². The molecule has 0 unspecified atom stereocenters. The molecule has 3 rings (SSSR count). The standard InChI is InChI=1S/C15H15N3O/c1-9-5-4-6-12-13(8-14(19)16-15(9)12)18-11(3)7-10(2)17-18/h4-8H,1-3H3,(H,16,19). The molecule has 0 bridgehead atoms. The summed E-state index contributed by atoms with van der Waals surface area (Å²) in [6.45, 7) is 5.93. The molecule has 0 atom stereocenters. The zero-order chi connectivity index (χ0) is 13.6. The van der Waals surface area contributed by atoms with Gasteiger partial charge in [0.2, 0.25) is 0 Å². The predicted molar refractivity (Wildman–Crippen MR) is 75.9 cm³/mol. The highest BCUT2D eigenvalue weighted by Crippen LogP contribution is 2.22. The zero-order valence-electron chi connectivity index (χ0n) is 11.2. The minimum atomic E-state index is -0.107. The fourth-order valence-electron chi connectivity index (χ4n) is 2.46. The van der Waals surface area contributed by atoms with E-state index in [4.69, 9.17) is 0 Å². The molecule has 0 radical (unpaired) electrons. The lowest BCUT2D eigenvalue weighted by Gasteiger charge is -2.09. The minimum Gasteiger partial charge on any atom is -0.322 e. The summed E-state index contributed by atoms with van der Waals surface area (Å²) in [6.07, 6.45) is 0. The lowest BCUT2D eigenvalue weighted by Crippen LogP contribution is -2.10. The lowest BCUT2D eigenvalue weighted by molar-refractivity contribution is 0.837. The molecular formula is C15H15N3O. The first-order valence-corrected chi connectivity index (χ1v) is 6.22. The summed E-state index contributed by atoms with van der Waals surface area (Å²) in [5.41, 5.74) is 4.61. The summed E-state index contributed by atoms with van der Waals surface area (Å²) in [5, 5.41) is 5.47. The van der Waals surface area contributed by atoms with E-state index in [1.807, 2.05) is 49.7 Å². The second kappa shape index (κ2) is 4.09. The molecule has 4 nitrogen and oxygen atoms in total. The van der Waals surface area contributed by atoms with Gasteiger partial charge in [-0.05, 0) is 32.4 Å². The van der Waals surface area contributed by atoms with Crippen molar-refractivity contribution < 1.29 is 0 Å². The molecule has 19 heavy (non-hydrogen) atoms. The van der Waals surface area contributed by atoms with Gasteiger partial charge in [-0.3, -0.25) is 4.79 Å². The highest BCUT2D eigenvalue weighted by atomic mass is 16.1. The first-order chi connectivity index (χ1) is 9.06. The number of hydrogen-bond donors (Lipinski definition) is 1. The molecule has 3 aromatic rings. The molecule has 0 spiro atoms. The molecule has 0 amide bonds. The number of aryl methyl sites for hydroxylation is 3. The predicted octanol–water partition coefficient (Wildman–Crippen LogP) is 2.64. The molecule has 4 heteroatoms. The van der Waals surface area contributed by atoms with Crippen LogP contribution in [0.15, 0.2) is 35.1 Å². The number of benzene rings is 1. The van der Waals surface area contributed by atoms with Crippen LogP contribution in [0.4, 0.5) is 0 Å². The summed E-state index contributed by atoms with van der Waals surface area (Å²) in [7, 11) is 0. The van der Waals surface area contributed by atoms with E-state index in [0.29, 0.717) is 0 Å². The van der Waals surface area contributed by atoms with Crippen molar-refractivity contribution in [1.29, 1.82) is 0 Å². The number of nitrogens with one attached hydrogen (secondary N) is 1. The molecule has 0 fully saturated rings. The molecule has 0 aliphatic rings. The number of fused-ring (bicyclic) bond motifs is 1. The molecule has 2 heterocycles. The number of para-hydroxylation sites is 1. The average Bonchev–Trinajstić information content (AvgIpc) is 2.69. The van der Waals surface area contributed by atoms with Crippen molar-refractivity contribution in [3.8, 4) is 5.69 Å². The van der Waals surface area contributed by atoms with Gasteiger partial charge in [-0.1, -0.05) is 18.2 Å². The van der Waals surface area contributed by atoms with Crippen molar-refractivity contribution in [1.82, 2.24) is 14.8 Å². The Hall–Kier alpha value is -2.36. The van der Waals surface area contributed by atoms with E-state index >= 15 is 0 Å². The second-order valence-electron chi connectivity index (χ2n) is 4.86. The topological polar surface area (TPSA) is 50.7 Å². The first kappa shape index (κ1) is 11.7. The summed E-state index contributed by atoms with van der Waals surface area (Å²) < 4.78 is 1.83. The van der Waals surface area contributed by atoms with Gasteiger partial charge in [0.05, 0.1) is 16.9 Å². The Labute approximate surface area is 110 Å². The number of aromatic amines is 1. The van der Waals surface area contributed by atoms with Gasteiger partial charge in [-0.25, -0.2) is 4.68 Å². The van der Waals surface area contributed by atoms with Gasteiger partial charge in [0, 0.05) is 17.1 Å². The summed E-state index contributed by atoms with van der Waals surface area (Å²) in [5.74, 6) is 0. The zero-order valence-corrected chi connectivity index (χ0v) is 11.2. The van der Waals surface area contributed by atoms with E-state index in [1.54, 1.807) is 6.07 Å². The van der Waals surface area contributed by atoms with Crippen LogP contribution in [-0.2, 0) is 0 Å². The molecule has 0 aliphatic carbocycles. The molecule has 0 aliphatic heterocycles. The fraction of sp³-hybridized carbons (Fsp3) is 0.200. The van der Waals surface area contributed by atoms with Crippen molar-refractivity contribution in [2.24, 2.45) is 0 Å². The van der Waals surface area contributed by atoms with E-state index in [2.05, 4.69) is 10.1 Å². The van der Waals surface area contributed by atoms with Crippen LogP contribution < -0.4 is 5.56 Å². The maximum absolute atomic E-state index is 11.9. The Balaban J connectivity index is 2.44. The van der Waals surface area contributed by atoms with Crippen molar-refractivity contribution in [3.05, 3.63) is 57.6 Å². The van der Waals surface area contributed by atoms with E-state index in [9.17, 15) is 4.79 Å². The smallest absolute Gasteiger partial charge is 0.250 e. The van der Waals surface area contributed by atoms with Gasteiger partial charge in [0.1, 0.15) is 0 Å². The largest absolute Gasteiger partial charge is 0.322 e. The number of pyridine rings is 1.